The molecule has 0 aromatic heterocycles. The summed E-state index contributed by atoms with van der Waals surface area (Å²) in [4.78, 5) is 39.3. The van der Waals surface area contributed by atoms with Gasteiger partial charge in [0.2, 0.25) is 17.7 Å². The fourth-order valence-corrected chi connectivity index (χ4v) is 4.81. The average Bonchev–Trinajstić information content (AvgIpc) is 3.46. The summed E-state index contributed by atoms with van der Waals surface area (Å²) in [6, 6.07) is 7.46. The molecule has 186 valence electrons. The highest BCUT2D eigenvalue weighted by atomic mass is 19.2. The first-order valence-corrected chi connectivity index (χ1v) is 11.5. The van der Waals surface area contributed by atoms with Gasteiger partial charge in [-0.3, -0.25) is 14.4 Å². The van der Waals surface area contributed by atoms with Crippen LogP contribution in [0.3, 0.4) is 0 Å². The lowest BCUT2D eigenvalue weighted by Crippen LogP contribution is -2.51. The molecule has 2 aromatic rings. The van der Waals surface area contributed by atoms with Crippen molar-refractivity contribution in [3.05, 3.63) is 71.0 Å². The number of likely N-dealkylation sites (tertiary alicyclic amines) is 1. The molecule has 2 fully saturated rings. The van der Waals surface area contributed by atoms with Gasteiger partial charge < -0.3 is 21.7 Å². The Morgan fingerprint density at radius 3 is 2.37 bits per heavy atom. The number of carbonyl (C=O) groups is 3. The van der Waals surface area contributed by atoms with Gasteiger partial charge >= 0.3 is 0 Å². The Labute approximate surface area is 200 Å². The number of benzene rings is 2. The van der Waals surface area contributed by atoms with Crippen LogP contribution in [-0.4, -0.2) is 46.8 Å². The lowest BCUT2D eigenvalue weighted by molar-refractivity contribution is -0.139. The van der Waals surface area contributed by atoms with Crippen molar-refractivity contribution in [2.45, 2.75) is 56.3 Å². The average molecular weight is 489 g/mol. The van der Waals surface area contributed by atoms with Gasteiger partial charge in [0.25, 0.3) is 0 Å². The van der Waals surface area contributed by atoms with Gasteiger partial charge in [-0.2, -0.15) is 0 Å². The van der Waals surface area contributed by atoms with Gasteiger partial charge in [-0.25, -0.2) is 13.2 Å². The van der Waals surface area contributed by atoms with Crippen molar-refractivity contribution in [2.75, 3.05) is 0 Å². The molecular formula is C25H27F3N4O3. The zero-order chi connectivity index (χ0) is 25.3. The molecular weight excluding hydrogens is 461 g/mol. The van der Waals surface area contributed by atoms with E-state index in [4.69, 9.17) is 11.5 Å². The van der Waals surface area contributed by atoms with E-state index >= 15 is 0 Å². The number of primary amides is 1. The van der Waals surface area contributed by atoms with Crippen molar-refractivity contribution < 1.29 is 27.6 Å². The van der Waals surface area contributed by atoms with E-state index in [9.17, 15) is 27.6 Å². The van der Waals surface area contributed by atoms with Crippen LogP contribution >= 0.6 is 0 Å². The van der Waals surface area contributed by atoms with Gasteiger partial charge in [-0.1, -0.05) is 30.3 Å². The number of rotatable bonds is 9. The second kappa shape index (κ2) is 10.1. The summed E-state index contributed by atoms with van der Waals surface area (Å²) >= 11 is 0. The largest absolute Gasteiger partial charge is 0.368 e. The van der Waals surface area contributed by atoms with Crippen LogP contribution in [0, 0.1) is 23.4 Å². The molecule has 1 aliphatic heterocycles. The van der Waals surface area contributed by atoms with E-state index in [1.807, 2.05) is 30.3 Å². The van der Waals surface area contributed by atoms with Gasteiger partial charge in [-0.15, -0.1) is 0 Å². The van der Waals surface area contributed by atoms with Crippen LogP contribution < -0.4 is 16.8 Å². The number of carbonyl (C=O) groups excluding carboxylic acids is 3. The summed E-state index contributed by atoms with van der Waals surface area (Å²) in [6.45, 7) is 0. The van der Waals surface area contributed by atoms with E-state index in [2.05, 4.69) is 5.32 Å². The third-order valence-corrected chi connectivity index (χ3v) is 6.68. The first-order valence-electron chi connectivity index (χ1n) is 11.5. The minimum atomic E-state index is -1.34. The number of nitrogens with one attached hydrogen (secondary N) is 1. The fourth-order valence-electron chi connectivity index (χ4n) is 4.81. The van der Waals surface area contributed by atoms with Crippen molar-refractivity contribution >= 4 is 17.7 Å². The highest BCUT2D eigenvalue weighted by molar-refractivity contribution is 5.89. The van der Waals surface area contributed by atoms with Gasteiger partial charge in [0.05, 0.1) is 6.04 Å². The van der Waals surface area contributed by atoms with Crippen molar-refractivity contribution in [3.8, 4) is 0 Å². The van der Waals surface area contributed by atoms with E-state index in [1.54, 1.807) is 0 Å². The number of piperidine rings is 1. The molecule has 3 amide bonds. The van der Waals surface area contributed by atoms with Crippen LogP contribution in [0.15, 0.2) is 42.5 Å². The van der Waals surface area contributed by atoms with E-state index in [0.29, 0.717) is 18.6 Å². The van der Waals surface area contributed by atoms with Gasteiger partial charge in [-0.05, 0) is 48.8 Å². The van der Waals surface area contributed by atoms with Crippen LogP contribution in [0.2, 0.25) is 0 Å². The molecule has 4 unspecified atom stereocenters. The lowest BCUT2D eigenvalue weighted by atomic mass is 10.00. The zero-order valence-corrected chi connectivity index (χ0v) is 18.9. The van der Waals surface area contributed by atoms with Gasteiger partial charge in [0, 0.05) is 24.6 Å². The highest BCUT2D eigenvalue weighted by Gasteiger charge is 2.55. The van der Waals surface area contributed by atoms with Crippen molar-refractivity contribution in [2.24, 2.45) is 17.4 Å². The topological polar surface area (TPSA) is 119 Å². The molecule has 2 aromatic carbocycles. The molecule has 0 radical (unpaired) electrons. The van der Waals surface area contributed by atoms with Gasteiger partial charge in [0.1, 0.15) is 11.9 Å². The van der Waals surface area contributed by atoms with E-state index in [1.165, 1.54) is 4.90 Å². The number of halogens is 3. The number of nitrogens with zero attached hydrogens (tertiary/aromatic N) is 1. The molecule has 5 atom stereocenters. The van der Waals surface area contributed by atoms with E-state index in [0.717, 1.165) is 12.0 Å². The molecule has 35 heavy (non-hydrogen) atoms. The number of hydrogen-bond acceptors (Lipinski definition) is 4. The molecule has 1 aliphatic carbocycles. The Balaban J connectivity index is 1.51. The van der Waals surface area contributed by atoms with E-state index < -0.39 is 53.3 Å². The Hall–Kier alpha value is -3.40. The number of hydrogen-bond donors (Lipinski definition) is 3. The van der Waals surface area contributed by atoms with Crippen LogP contribution in [-0.2, 0) is 27.2 Å². The second-order valence-corrected chi connectivity index (χ2v) is 9.29. The first kappa shape index (κ1) is 24.7. The van der Waals surface area contributed by atoms with Crippen LogP contribution in [0.1, 0.15) is 30.4 Å². The van der Waals surface area contributed by atoms with Gasteiger partial charge in [0.15, 0.2) is 11.6 Å². The maximum absolute atomic E-state index is 14.3. The number of amides is 3. The standard InChI is InChI=1S/C25H27F3N4O3/c26-17-12-19(28)18(27)8-14(17)7-16(31-25(35)20(29)6-13-4-2-1-3-5-13)11-23(33)32-21-9-15(21)10-22(32)24(30)34/h1-5,8,12,15-16,20-22H,6-7,9-11,29H2,(H2,30,34)(H,31,35)/t15?,16-,20?,21?,22?/m1/s1. The molecule has 0 spiro atoms. The fraction of sp³-hybridized carbons (Fsp3) is 0.400. The molecule has 0 bridgehead atoms. The maximum atomic E-state index is 14.3. The van der Waals surface area contributed by atoms with Crippen LogP contribution in [0.5, 0.6) is 0 Å². The third kappa shape index (κ3) is 5.64. The summed E-state index contributed by atoms with van der Waals surface area (Å²) in [5.41, 5.74) is 12.1. The Bertz CT molecular complexity index is 1130. The lowest BCUT2D eigenvalue weighted by Gasteiger charge is -2.28. The predicted octanol–water partition coefficient (Wildman–Crippen LogP) is 1.57. The number of fused-ring (bicyclic) bond motifs is 1. The summed E-state index contributed by atoms with van der Waals surface area (Å²) < 4.78 is 41.5. The summed E-state index contributed by atoms with van der Waals surface area (Å²) in [7, 11) is 0. The number of nitrogens with two attached hydrogens (primary N) is 2. The predicted molar refractivity (Wildman–Crippen MR) is 121 cm³/mol. The Morgan fingerprint density at radius 1 is 1.00 bits per heavy atom. The summed E-state index contributed by atoms with van der Waals surface area (Å²) in [5, 5.41) is 2.66. The van der Waals surface area contributed by atoms with Crippen LogP contribution in [0.4, 0.5) is 13.2 Å². The summed E-state index contributed by atoms with van der Waals surface area (Å²) in [6.07, 6.45) is 0.929. The highest BCUT2D eigenvalue weighted by Crippen LogP contribution is 2.48. The normalized spacial score (nSPS) is 22.3. The molecule has 1 saturated heterocycles. The molecule has 5 N–H and O–H groups in total. The zero-order valence-electron chi connectivity index (χ0n) is 18.9. The minimum Gasteiger partial charge on any atom is -0.368 e. The molecule has 1 heterocycles. The molecule has 4 rings (SSSR count). The SMILES string of the molecule is NC(=O)C1CC2CC2N1C(=O)C[C@@H](Cc1cc(F)c(F)cc1F)NC(=O)C(N)Cc1ccccc1. The molecule has 1 saturated carbocycles. The Morgan fingerprint density at radius 2 is 1.69 bits per heavy atom. The van der Waals surface area contributed by atoms with E-state index in [-0.39, 0.29) is 36.8 Å². The van der Waals surface area contributed by atoms with Crippen molar-refractivity contribution in [3.63, 3.8) is 0 Å². The second-order valence-electron chi connectivity index (χ2n) is 9.29. The minimum absolute atomic E-state index is 0.0864. The van der Waals surface area contributed by atoms with Crippen molar-refractivity contribution in [1.29, 1.82) is 0 Å². The first-order chi connectivity index (χ1) is 16.6. The van der Waals surface area contributed by atoms with Crippen molar-refractivity contribution in [1.82, 2.24) is 10.2 Å². The quantitative estimate of drug-likeness (QED) is 0.464. The smallest absolute Gasteiger partial charge is 0.240 e. The molecule has 7 nitrogen and oxygen atoms in total. The molecule has 10 heteroatoms. The third-order valence-electron chi connectivity index (χ3n) is 6.68. The maximum Gasteiger partial charge on any atom is 0.240 e. The monoisotopic (exact) mass is 488 g/mol. The van der Waals surface area contributed by atoms with Crippen LogP contribution in [0.25, 0.3) is 0 Å². The summed E-state index contributed by atoms with van der Waals surface area (Å²) in [5.74, 6) is -4.98. The molecule has 2 aliphatic rings. The Kier molecular flexibility index (Phi) is 7.11.